The van der Waals surface area contributed by atoms with Crippen molar-refractivity contribution in [3.05, 3.63) is 47.9 Å². The quantitative estimate of drug-likeness (QED) is 0.851. The Morgan fingerprint density at radius 2 is 2.00 bits per heavy atom. The normalized spacial score (nSPS) is 9.95. The van der Waals surface area contributed by atoms with E-state index in [0.29, 0.717) is 12.4 Å². The maximum atomic E-state index is 10.6. The topological polar surface area (TPSA) is 84.3 Å². The molecule has 0 saturated carbocycles. The number of carbonyl (C=O) groups is 1. The zero-order valence-electron chi connectivity index (χ0n) is 10.3. The van der Waals surface area contributed by atoms with E-state index in [9.17, 15) is 4.79 Å². The molecular formula is C13H13N3O3. The highest BCUT2D eigenvalue weighted by molar-refractivity contribution is 5.84. The van der Waals surface area contributed by atoms with Gasteiger partial charge in [-0.15, -0.1) is 0 Å². The zero-order valence-corrected chi connectivity index (χ0v) is 10.3. The smallest absolute Gasteiger partial charge is 0.356 e. The van der Waals surface area contributed by atoms with Crippen molar-refractivity contribution in [2.75, 3.05) is 12.4 Å². The van der Waals surface area contributed by atoms with Gasteiger partial charge in [-0.2, -0.15) is 0 Å². The van der Waals surface area contributed by atoms with Crippen LogP contribution < -0.4 is 10.1 Å². The van der Waals surface area contributed by atoms with E-state index < -0.39 is 5.97 Å². The average molecular weight is 259 g/mol. The first kappa shape index (κ1) is 12.8. The zero-order chi connectivity index (χ0) is 13.7. The van der Waals surface area contributed by atoms with Gasteiger partial charge in [0, 0.05) is 6.54 Å². The average Bonchev–Trinajstić information content (AvgIpc) is 2.46. The van der Waals surface area contributed by atoms with Gasteiger partial charge in [0.1, 0.15) is 11.6 Å². The Bertz CT molecular complexity index is 552. The van der Waals surface area contributed by atoms with Crippen LogP contribution in [0.15, 0.2) is 36.7 Å². The number of anilines is 1. The van der Waals surface area contributed by atoms with Gasteiger partial charge in [0.05, 0.1) is 19.5 Å². The summed E-state index contributed by atoms with van der Waals surface area (Å²) >= 11 is 0. The van der Waals surface area contributed by atoms with E-state index in [2.05, 4.69) is 15.3 Å². The Balaban J connectivity index is 1.95. The molecule has 2 rings (SSSR count). The molecule has 2 N–H and O–H groups in total. The molecule has 0 aliphatic carbocycles. The number of rotatable bonds is 5. The van der Waals surface area contributed by atoms with E-state index in [1.54, 1.807) is 7.11 Å². The van der Waals surface area contributed by atoms with Gasteiger partial charge < -0.3 is 15.2 Å². The molecule has 0 saturated heterocycles. The maximum Gasteiger partial charge on any atom is 0.356 e. The van der Waals surface area contributed by atoms with E-state index in [-0.39, 0.29) is 5.69 Å². The molecule has 0 aliphatic rings. The first-order valence-corrected chi connectivity index (χ1v) is 5.61. The second-order valence-electron chi connectivity index (χ2n) is 3.79. The second kappa shape index (κ2) is 5.81. The van der Waals surface area contributed by atoms with E-state index in [1.165, 1.54) is 12.4 Å². The number of carboxylic acid groups (broad SMARTS) is 1. The van der Waals surface area contributed by atoms with Crippen LogP contribution in [0.4, 0.5) is 5.82 Å². The summed E-state index contributed by atoms with van der Waals surface area (Å²) in [7, 11) is 1.62. The number of nitrogens with one attached hydrogen (secondary N) is 1. The van der Waals surface area contributed by atoms with Crippen LogP contribution in [0.3, 0.4) is 0 Å². The molecule has 19 heavy (non-hydrogen) atoms. The maximum absolute atomic E-state index is 10.6. The number of methoxy groups -OCH3 is 1. The summed E-state index contributed by atoms with van der Waals surface area (Å²) in [6.07, 6.45) is 2.62. The van der Waals surface area contributed by atoms with Gasteiger partial charge in [-0.25, -0.2) is 14.8 Å². The summed E-state index contributed by atoms with van der Waals surface area (Å²) in [6, 6.07) is 7.61. The van der Waals surface area contributed by atoms with Crippen LogP contribution in [0.1, 0.15) is 16.1 Å². The third-order valence-corrected chi connectivity index (χ3v) is 2.50. The third-order valence-electron chi connectivity index (χ3n) is 2.50. The summed E-state index contributed by atoms with van der Waals surface area (Å²) in [5.41, 5.74) is 0.986. The Labute approximate surface area is 110 Å². The predicted molar refractivity (Wildman–Crippen MR) is 69.3 cm³/mol. The van der Waals surface area contributed by atoms with Gasteiger partial charge in [0.15, 0.2) is 5.69 Å². The summed E-state index contributed by atoms with van der Waals surface area (Å²) < 4.78 is 5.07. The molecule has 0 bridgehead atoms. The van der Waals surface area contributed by atoms with Crippen molar-refractivity contribution in [3.63, 3.8) is 0 Å². The van der Waals surface area contributed by atoms with Crippen molar-refractivity contribution in [1.29, 1.82) is 0 Å². The summed E-state index contributed by atoms with van der Waals surface area (Å²) in [5.74, 6) is 0.240. The molecule has 0 aliphatic heterocycles. The SMILES string of the molecule is COc1ccc(CNc2cnc(C(=O)O)cn2)cc1. The number of benzene rings is 1. The Kier molecular flexibility index (Phi) is 3.92. The Hall–Kier alpha value is -2.63. The number of nitrogens with zero attached hydrogens (tertiary/aromatic N) is 2. The van der Waals surface area contributed by atoms with Crippen molar-refractivity contribution >= 4 is 11.8 Å². The molecule has 0 spiro atoms. The number of ether oxygens (including phenoxy) is 1. The molecule has 0 fully saturated rings. The molecule has 1 aromatic heterocycles. The second-order valence-corrected chi connectivity index (χ2v) is 3.79. The van der Waals surface area contributed by atoms with Crippen molar-refractivity contribution in [3.8, 4) is 5.75 Å². The number of hydrogen-bond acceptors (Lipinski definition) is 5. The van der Waals surface area contributed by atoms with Crippen molar-refractivity contribution in [2.45, 2.75) is 6.54 Å². The molecule has 1 aromatic carbocycles. The molecule has 1 heterocycles. The molecule has 0 amide bonds. The molecule has 6 heteroatoms. The van der Waals surface area contributed by atoms with Crippen LogP contribution in [-0.2, 0) is 6.54 Å². The van der Waals surface area contributed by atoms with Crippen LogP contribution >= 0.6 is 0 Å². The molecule has 0 radical (unpaired) electrons. The lowest BCUT2D eigenvalue weighted by Crippen LogP contribution is -2.05. The monoisotopic (exact) mass is 259 g/mol. The molecule has 0 unspecified atom stereocenters. The van der Waals surface area contributed by atoms with Gasteiger partial charge in [-0.05, 0) is 17.7 Å². The first-order chi connectivity index (χ1) is 9.19. The van der Waals surface area contributed by atoms with Crippen LogP contribution in [-0.4, -0.2) is 28.2 Å². The molecule has 98 valence electrons. The fraction of sp³-hybridized carbons (Fsp3) is 0.154. The minimum Gasteiger partial charge on any atom is -0.497 e. The van der Waals surface area contributed by atoms with Crippen molar-refractivity contribution in [1.82, 2.24) is 9.97 Å². The number of aromatic carboxylic acids is 1. The Morgan fingerprint density at radius 3 is 2.53 bits per heavy atom. The highest BCUT2D eigenvalue weighted by Crippen LogP contribution is 2.12. The van der Waals surface area contributed by atoms with Gasteiger partial charge in [0.25, 0.3) is 0 Å². The van der Waals surface area contributed by atoms with Gasteiger partial charge >= 0.3 is 5.97 Å². The van der Waals surface area contributed by atoms with E-state index in [4.69, 9.17) is 9.84 Å². The number of aromatic nitrogens is 2. The lowest BCUT2D eigenvalue weighted by atomic mass is 10.2. The predicted octanol–water partition coefficient (Wildman–Crippen LogP) is 1.80. The van der Waals surface area contributed by atoms with Crippen molar-refractivity contribution in [2.24, 2.45) is 0 Å². The lowest BCUT2D eigenvalue weighted by Gasteiger charge is -2.06. The Morgan fingerprint density at radius 1 is 1.26 bits per heavy atom. The van der Waals surface area contributed by atoms with Gasteiger partial charge in [-0.3, -0.25) is 0 Å². The van der Waals surface area contributed by atoms with E-state index >= 15 is 0 Å². The minimum atomic E-state index is -1.09. The molecule has 0 atom stereocenters. The van der Waals surface area contributed by atoms with E-state index in [1.807, 2.05) is 24.3 Å². The van der Waals surface area contributed by atoms with Crippen LogP contribution in [0.25, 0.3) is 0 Å². The van der Waals surface area contributed by atoms with Gasteiger partial charge in [-0.1, -0.05) is 12.1 Å². The standard InChI is InChI=1S/C13H13N3O3/c1-19-10-4-2-9(3-5-10)6-15-12-8-14-11(7-16-12)13(17)18/h2-5,7-8H,6H2,1H3,(H,15,16)(H,17,18). The van der Waals surface area contributed by atoms with E-state index in [0.717, 1.165) is 11.3 Å². The molecule has 2 aromatic rings. The minimum absolute atomic E-state index is 0.0741. The van der Waals surface area contributed by atoms with Crippen LogP contribution in [0.5, 0.6) is 5.75 Å². The summed E-state index contributed by atoms with van der Waals surface area (Å²) in [4.78, 5) is 18.4. The summed E-state index contributed by atoms with van der Waals surface area (Å²) in [6.45, 7) is 0.574. The highest BCUT2D eigenvalue weighted by Gasteiger charge is 2.04. The van der Waals surface area contributed by atoms with Crippen molar-refractivity contribution < 1.29 is 14.6 Å². The highest BCUT2D eigenvalue weighted by atomic mass is 16.5. The molecule has 6 nitrogen and oxygen atoms in total. The summed E-state index contributed by atoms with van der Waals surface area (Å²) in [5, 5.41) is 11.8. The first-order valence-electron chi connectivity index (χ1n) is 5.61. The molecular weight excluding hydrogens is 246 g/mol. The van der Waals surface area contributed by atoms with Crippen LogP contribution in [0.2, 0.25) is 0 Å². The van der Waals surface area contributed by atoms with Gasteiger partial charge in [0.2, 0.25) is 0 Å². The number of carboxylic acids is 1. The largest absolute Gasteiger partial charge is 0.497 e. The lowest BCUT2D eigenvalue weighted by molar-refractivity contribution is 0.0690. The fourth-order valence-electron chi connectivity index (χ4n) is 1.47. The number of hydrogen-bond donors (Lipinski definition) is 2. The third kappa shape index (κ3) is 3.41. The fourth-order valence-corrected chi connectivity index (χ4v) is 1.47. The van der Waals surface area contributed by atoms with Crippen LogP contribution in [0, 0.1) is 0 Å².